The molecular formula is C10H16N2O5. The lowest BCUT2D eigenvalue weighted by atomic mass is 10.2. The van der Waals surface area contributed by atoms with Crippen molar-refractivity contribution in [3.05, 3.63) is 0 Å². The highest BCUT2D eigenvalue weighted by molar-refractivity contribution is 5.83. The summed E-state index contributed by atoms with van der Waals surface area (Å²) in [5.41, 5.74) is 0. The van der Waals surface area contributed by atoms with Gasteiger partial charge in [0.05, 0.1) is 13.5 Å². The summed E-state index contributed by atoms with van der Waals surface area (Å²) in [6.45, 7) is 0.121. The number of hydrogen-bond donors (Lipinski definition) is 3. The van der Waals surface area contributed by atoms with E-state index in [0.29, 0.717) is 0 Å². The number of aliphatic carboxylic acids is 1. The summed E-state index contributed by atoms with van der Waals surface area (Å²) >= 11 is 0. The molecule has 0 aliphatic heterocycles. The van der Waals surface area contributed by atoms with Gasteiger partial charge in [0.25, 0.3) is 0 Å². The Hall–Kier alpha value is -1.79. The van der Waals surface area contributed by atoms with E-state index in [1.165, 1.54) is 7.11 Å². The molecule has 17 heavy (non-hydrogen) atoms. The van der Waals surface area contributed by atoms with Crippen LogP contribution < -0.4 is 10.6 Å². The molecule has 2 amide bonds. The van der Waals surface area contributed by atoms with E-state index in [0.717, 1.165) is 12.8 Å². The number of nitrogens with one attached hydrogen (secondary N) is 2. The first-order chi connectivity index (χ1) is 8.04. The normalized spacial score (nSPS) is 15.8. The van der Waals surface area contributed by atoms with Crippen LogP contribution in [0.25, 0.3) is 0 Å². The van der Waals surface area contributed by atoms with Crippen molar-refractivity contribution in [3.8, 4) is 0 Å². The van der Waals surface area contributed by atoms with Crippen LogP contribution in [0.1, 0.15) is 19.3 Å². The lowest BCUT2D eigenvalue weighted by Crippen LogP contribution is -2.47. The Morgan fingerprint density at radius 2 is 2.06 bits per heavy atom. The number of ether oxygens (including phenoxy) is 1. The average molecular weight is 244 g/mol. The van der Waals surface area contributed by atoms with Gasteiger partial charge in [-0.15, -0.1) is 0 Å². The minimum Gasteiger partial charge on any atom is -0.480 e. The third kappa shape index (κ3) is 4.71. The molecule has 0 radical (unpaired) electrons. The molecule has 0 spiro atoms. The topological polar surface area (TPSA) is 105 Å². The fourth-order valence-corrected chi connectivity index (χ4v) is 1.38. The van der Waals surface area contributed by atoms with Crippen LogP contribution in [-0.4, -0.2) is 42.8 Å². The molecule has 1 rings (SSSR count). The minimum atomic E-state index is -1.03. The van der Waals surface area contributed by atoms with Gasteiger partial charge in [0.1, 0.15) is 6.04 Å². The number of urea groups is 1. The molecule has 1 unspecified atom stereocenters. The number of carbonyl (C=O) groups excluding carboxylic acids is 2. The highest BCUT2D eigenvalue weighted by Gasteiger charge is 2.37. The van der Waals surface area contributed by atoms with Crippen molar-refractivity contribution in [2.45, 2.75) is 25.3 Å². The summed E-state index contributed by atoms with van der Waals surface area (Å²) in [4.78, 5) is 32.9. The third-order valence-corrected chi connectivity index (χ3v) is 2.49. The predicted molar refractivity (Wildman–Crippen MR) is 57.3 cm³/mol. The molecule has 0 aromatic carbocycles. The molecule has 1 fully saturated rings. The Balaban J connectivity index is 2.23. The van der Waals surface area contributed by atoms with Gasteiger partial charge in [-0.05, 0) is 18.8 Å². The number of hydrogen-bond acceptors (Lipinski definition) is 4. The zero-order chi connectivity index (χ0) is 12.8. The SMILES string of the molecule is COC(=O)CCNC(=O)NC(C(=O)O)C1CC1. The molecule has 0 saturated heterocycles. The van der Waals surface area contributed by atoms with Crippen molar-refractivity contribution in [2.75, 3.05) is 13.7 Å². The molecule has 96 valence electrons. The van der Waals surface area contributed by atoms with Gasteiger partial charge in [0.2, 0.25) is 0 Å². The zero-order valence-corrected chi connectivity index (χ0v) is 9.56. The number of carboxylic acid groups (broad SMARTS) is 1. The molecule has 7 nitrogen and oxygen atoms in total. The van der Waals surface area contributed by atoms with E-state index >= 15 is 0 Å². The van der Waals surface area contributed by atoms with Gasteiger partial charge >= 0.3 is 18.0 Å². The third-order valence-electron chi connectivity index (χ3n) is 2.49. The molecule has 1 saturated carbocycles. The predicted octanol–water partition coefficient (Wildman–Crippen LogP) is -0.288. The Bertz CT molecular complexity index is 314. The molecule has 1 atom stereocenters. The Morgan fingerprint density at radius 3 is 2.53 bits per heavy atom. The summed E-state index contributed by atoms with van der Waals surface area (Å²) < 4.78 is 4.39. The lowest BCUT2D eigenvalue weighted by Gasteiger charge is -2.13. The second-order valence-electron chi connectivity index (χ2n) is 3.88. The Morgan fingerprint density at radius 1 is 1.41 bits per heavy atom. The van der Waals surface area contributed by atoms with Crippen LogP contribution in [0.3, 0.4) is 0 Å². The first kappa shape index (κ1) is 13.3. The molecule has 0 bridgehead atoms. The maximum absolute atomic E-state index is 11.3. The maximum Gasteiger partial charge on any atom is 0.326 e. The van der Waals surface area contributed by atoms with Gasteiger partial charge in [-0.3, -0.25) is 4.79 Å². The van der Waals surface area contributed by atoms with Crippen LogP contribution in [0.4, 0.5) is 4.79 Å². The Labute approximate surface area is 98.5 Å². The molecule has 1 aliphatic carbocycles. The minimum absolute atomic E-state index is 0.0267. The van der Waals surface area contributed by atoms with Gasteiger partial charge in [-0.1, -0.05) is 0 Å². The van der Waals surface area contributed by atoms with Gasteiger partial charge in [0, 0.05) is 6.54 Å². The zero-order valence-electron chi connectivity index (χ0n) is 9.56. The van der Waals surface area contributed by atoms with Crippen molar-refractivity contribution >= 4 is 18.0 Å². The van der Waals surface area contributed by atoms with Gasteiger partial charge < -0.3 is 20.5 Å². The van der Waals surface area contributed by atoms with Crippen molar-refractivity contribution < 1.29 is 24.2 Å². The van der Waals surface area contributed by atoms with Gasteiger partial charge in [-0.2, -0.15) is 0 Å². The first-order valence-corrected chi connectivity index (χ1v) is 5.38. The van der Waals surface area contributed by atoms with Crippen molar-refractivity contribution in [1.29, 1.82) is 0 Å². The van der Waals surface area contributed by atoms with E-state index in [2.05, 4.69) is 15.4 Å². The van der Waals surface area contributed by atoms with Crippen molar-refractivity contribution in [1.82, 2.24) is 10.6 Å². The van der Waals surface area contributed by atoms with Crippen LogP contribution >= 0.6 is 0 Å². The number of rotatable bonds is 6. The second kappa shape index (κ2) is 6.07. The first-order valence-electron chi connectivity index (χ1n) is 5.38. The van der Waals surface area contributed by atoms with E-state index in [9.17, 15) is 14.4 Å². The fraction of sp³-hybridized carbons (Fsp3) is 0.700. The van der Waals surface area contributed by atoms with Crippen LogP contribution in [0.5, 0.6) is 0 Å². The van der Waals surface area contributed by atoms with Gasteiger partial charge in [-0.25, -0.2) is 9.59 Å². The maximum atomic E-state index is 11.3. The van der Waals surface area contributed by atoms with E-state index in [4.69, 9.17) is 5.11 Å². The molecule has 0 heterocycles. The molecular weight excluding hydrogens is 228 g/mol. The number of methoxy groups -OCH3 is 1. The molecule has 1 aliphatic rings. The summed E-state index contributed by atoms with van der Waals surface area (Å²) in [7, 11) is 1.26. The molecule has 0 aromatic heterocycles. The summed E-state index contributed by atoms with van der Waals surface area (Å²) in [6, 6.07) is -1.42. The van der Waals surface area contributed by atoms with E-state index in [1.807, 2.05) is 0 Å². The summed E-state index contributed by atoms with van der Waals surface area (Å²) in [5, 5.41) is 13.6. The quantitative estimate of drug-likeness (QED) is 0.557. The number of carbonyl (C=O) groups is 3. The molecule has 0 aromatic rings. The molecule has 7 heteroatoms. The smallest absolute Gasteiger partial charge is 0.326 e. The van der Waals surface area contributed by atoms with Crippen LogP contribution in [-0.2, 0) is 14.3 Å². The van der Waals surface area contributed by atoms with E-state index in [-0.39, 0.29) is 18.9 Å². The van der Waals surface area contributed by atoms with Crippen molar-refractivity contribution in [2.24, 2.45) is 5.92 Å². The number of esters is 1. The summed E-state index contributed by atoms with van der Waals surface area (Å²) in [6.07, 6.45) is 1.70. The van der Waals surface area contributed by atoms with Crippen LogP contribution in [0.2, 0.25) is 0 Å². The largest absolute Gasteiger partial charge is 0.480 e. The van der Waals surface area contributed by atoms with E-state index in [1.54, 1.807) is 0 Å². The van der Waals surface area contributed by atoms with Crippen LogP contribution in [0, 0.1) is 5.92 Å². The number of carboxylic acids is 1. The lowest BCUT2D eigenvalue weighted by molar-refractivity contribution is -0.141. The molecule has 3 N–H and O–H groups in total. The van der Waals surface area contributed by atoms with E-state index < -0.39 is 24.0 Å². The number of amides is 2. The summed E-state index contributed by atoms with van der Waals surface area (Å²) in [5.74, 6) is -1.43. The fourth-order valence-electron chi connectivity index (χ4n) is 1.38. The highest BCUT2D eigenvalue weighted by atomic mass is 16.5. The highest BCUT2D eigenvalue weighted by Crippen LogP contribution is 2.32. The average Bonchev–Trinajstić information content (AvgIpc) is 3.09. The monoisotopic (exact) mass is 244 g/mol. The van der Waals surface area contributed by atoms with Crippen LogP contribution in [0.15, 0.2) is 0 Å². The van der Waals surface area contributed by atoms with Crippen molar-refractivity contribution in [3.63, 3.8) is 0 Å². The van der Waals surface area contributed by atoms with Gasteiger partial charge in [0.15, 0.2) is 0 Å². The Kier molecular flexibility index (Phi) is 4.74. The standard InChI is InChI=1S/C10H16N2O5/c1-17-7(13)4-5-11-10(16)12-8(9(14)15)6-2-3-6/h6,8H,2-5H2,1H3,(H,14,15)(H2,11,12,16). The second-order valence-corrected chi connectivity index (χ2v) is 3.88.